The molecule has 0 heterocycles. The molecule has 0 saturated heterocycles. The van der Waals surface area contributed by atoms with E-state index in [0.717, 1.165) is 76.3 Å². The summed E-state index contributed by atoms with van der Waals surface area (Å²) in [4.78, 5) is 0. The highest BCUT2D eigenvalue weighted by atomic mass is 16.3. The van der Waals surface area contributed by atoms with E-state index in [-0.39, 0.29) is 57.5 Å². The van der Waals surface area contributed by atoms with E-state index in [1.54, 1.807) is 115 Å². The van der Waals surface area contributed by atoms with Crippen molar-refractivity contribution in [2.45, 2.75) is 34.6 Å². The highest BCUT2D eigenvalue weighted by Gasteiger charge is 2.06. The number of fused-ring (bicyclic) bond motifs is 5. The van der Waals surface area contributed by atoms with Crippen LogP contribution in [0.25, 0.3) is 53.9 Å². The summed E-state index contributed by atoms with van der Waals surface area (Å²) in [5, 5.41) is 103. The number of benzene rings is 10. The average molecular weight is 871 g/mol. The molecular weight excluding hydrogens is 821 g/mol. The summed E-state index contributed by atoms with van der Waals surface area (Å²) >= 11 is 0. The van der Waals surface area contributed by atoms with Crippen molar-refractivity contribution < 1.29 is 51.1 Å². The Morgan fingerprint density at radius 1 is 0.231 bits per heavy atom. The third-order valence-corrected chi connectivity index (χ3v) is 10.9. The molecule has 10 aromatic carbocycles. The Labute approximate surface area is 375 Å². The van der Waals surface area contributed by atoms with E-state index in [0.29, 0.717) is 5.39 Å². The number of aryl methyl sites for hydroxylation is 5. The molecule has 10 N–H and O–H groups in total. The van der Waals surface area contributed by atoms with Gasteiger partial charge in [0.15, 0.2) is 0 Å². The molecule has 0 amide bonds. The van der Waals surface area contributed by atoms with Gasteiger partial charge < -0.3 is 51.1 Å². The summed E-state index contributed by atoms with van der Waals surface area (Å²) < 4.78 is 0. The first kappa shape index (κ1) is 46.0. The SMILES string of the molecule is Cc1c(O)ccc2cc(O)ccc12.Cc1cc2cc(O)ccc2cc1O.Cc1ccc(O)c2ccc(O)cc12.Cc1ccc2cc(O)ccc2c1O.Cc1ccc2ccc(O)cc2c1O. The minimum atomic E-state index is 0.174. The van der Waals surface area contributed by atoms with Crippen molar-refractivity contribution in [1.29, 1.82) is 0 Å². The zero-order chi connectivity index (χ0) is 47.1. The summed E-state index contributed by atoms with van der Waals surface area (Å²) in [5.74, 6) is 2.48. The fourth-order valence-corrected chi connectivity index (χ4v) is 7.12. The molecule has 0 radical (unpaired) electrons. The molecule has 0 aliphatic heterocycles. The normalized spacial score (nSPS) is 10.5. The lowest BCUT2D eigenvalue weighted by Gasteiger charge is -2.04. The van der Waals surface area contributed by atoms with Crippen LogP contribution in [0.2, 0.25) is 0 Å². The van der Waals surface area contributed by atoms with Gasteiger partial charge in [0.2, 0.25) is 0 Å². The molecule has 0 aliphatic rings. The fourth-order valence-electron chi connectivity index (χ4n) is 7.12. The van der Waals surface area contributed by atoms with Crippen LogP contribution < -0.4 is 0 Å². The molecule has 10 rings (SSSR count). The Morgan fingerprint density at radius 2 is 0.646 bits per heavy atom. The molecule has 0 saturated carbocycles. The average Bonchev–Trinajstić information content (AvgIpc) is 3.28. The predicted octanol–water partition coefficient (Wildman–Crippen LogP) is 12.8. The van der Waals surface area contributed by atoms with Crippen LogP contribution in [0.15, 0.2) is 152 Å². The van der Waals surface area contributed by atoms with E-state index in [2.05, 4.69) is 0 Å². The van der Waals surface area contributed by atoms with E-state index in [1.165, 1.54) is 0 Å². The smallest absolute Gasteiger partial charge is 0.126 e. The van der Waals surface area contributed by atoms with Gasteiger partial charge >= 0.3 is 0 Å². The molecule has 0 aromatic heterocycles. The van der Waals surface area contributed by atoms with Gasteiger partial charge in [-0.25, -0.2) is 0 Å². The first-order chi connectivity index (χ1) is 30.9. The van der Waals surface area contributed by atoms with Gasteiger partial charge in [-0.3, -0.25) is 0 Å². The van der Waals surface area contributed by atoms with Crippen molar-refractivity contribution in [3.8, 4) is 57.5 Å². The van der Waals surface area contributed by atoms with Gasteiger partial charge in [0, 0.05) is 16.2 Å². The number of rotatable bonds is 0. The summed E-state index contributed by atoms with van der Waals surface area (Å²) in [7, 11) is 0. The van der Waals surface area contributed by atoms with Crippen LogP contribution in [-0.2, 0) is 0 Å². The Hall–Kier alpha value is -8.50. The second kappa shape index (κ2) is 19.7. The molecule has 0 unspecified atom stereocenters. The standard InChI is InChI=1S/5C11H10O2/c1-7-10-4-3-9(12)6-8(10)2-5-11(7)13;1-7-2-5-11(13)9-4-3-8(12)6-10(7)9;1-7-4-9-5-10(12)3-2-8(9)6-11(7)13;1-7-2-3-8-6-9(12)4-5-10(8)11(7)13;1-7-2-3-8-4-5-9(12)6-10(8)11(7)13/h5*2-6,12-13H,1H3. The second-order valence-electron chi connectivity index (χ2n) is 15.7. The van der Waals surface area contributed by atoms with Crippen LogP contribution >= 0.6 is 0 Å². The molecule has 10 nitrogen and oxygen atoms in total. The number of hydrogen-bond acceptors (Lipinski definition) is 10. The van der Waals surface area contributed by atoms with Crippen LogP contribution in [0.3, 0.4) is 0 Å². The Bertz CT molecular complexity index is 3210. The van der Waals surface area contributed by atoms with Crippen molar-refractivity contribution >= 4 is 53.9 Å². The zero-order valence-corrected chi connectivity index (χ0v) is 36.4. The maximum Gasteiger partial charge on any atom is 0.126 e. The lowest BCUT2D eigenvalue weighted by atomic mass is 10.0. The molecule has 0 atom stereocenters. The topological polar surface area (TPSA) is 202 Å². The first-order valence-electron chi connectivity index (χ1n) is 20.5. The summed E-state index contributed by atoms with van der Waals surface area (Å²) in [6.45, 7) is 9.31. The predicted molar refractivity (Wildman–Crippen MR) is 260 cm³/mol. The third kappa shape index (κ3) is 10.9. The molecule has 10 aromatic rings. The summed E-state index contributed by atoms with van der Waals surface area (Å²) in [6, 6.07) is 43.0. The van der Waals surface area contributed by atoms with Crippen LogP contribution in [0.4, 0.5) is 0 Å². The highest BCUT2D eigenvalue weighted by molar-refractivity contribution is 5.93. The molecule has 10 heteroatoms. The fraction of sp³-hybridized carbons (Fsp3) is 0.0909. The van der Waals surface area contributed by atoms with Crippen molar-refractivity contribution in [3.63, 3.8) is 0 Å². The van der Waals surface area contributed by atoms with E-state index in [1.807, 2.05) is 71.0 Å². The Morgan fingerprint density at radius 3 is 1.28 bits per heavy atom. The van der Waals surface area contributed by atoms with Gasteiger partial charge in [-0.2, -0.15) is 0 Å². The molecule has 0 fully saturated rings. The number of phenolic OH excluding ortho intramolecular Hbond substituents is 10. The first-order valence-corrected chi connectivity index (χ1v) is 20.5. The van der Waals surface area contributed by atoms with E-state index >= 15 is 0 Å². The maximum absolute atomic E-state index is 9.67. The van der Waals surface area contributed by atoms with Crippen molar-refractivity contribution in [1.82, 2.24) is 0 Å². The van der Waals surface area contributed by atoms with Crippen LogP contribution in [0.5, 0.6) is 57.5 Å². The molecule has 0 aliphatic carbocycles. The van der Waals surface area contributed by atoms with Crippen LogP contribution in [-0.4, -0.2) is 51.1 Å². The summed E-state index contributed by atoms with van der Waals surface area (Å²) in [6.07, 6.45) is 0. The van der Waals surface area contributed by atoms with Gasteiger partial charge in [-0.1, -0.05) is 54.6 Å². The van der Waals surface area contributed by atoms with E-state index in [9.17, 15) is 51.1 Å². The lowest BCUT2D eigenvalue weighted by molar-refractivity contribution is 0.470. The number of aromatic hydroxyl groups is 10. The maximum atomic E-state index is 9.67. The van der Waals surface area contributed by atoms with Crippen molar-refractivity contribution in [2.24, 2.45) is 0 Å². The highest BCUT2D eigenvalue weighted by Crippen LogP contribution is 2.33. The monoisotopic (exact) mass is 870 g/mol. The minimum Gasteiger partial charge on any atom is -0.508 e. The van der Waals surface area contributed by atoms with Crippen molar-refractivity contribution in [3.05, 3.63) is 179 Å². The third-order valence-electron chi connectivity index (χ3n) is 10.9. The Kier molecular flexibility index (Phi) is 13.9. The minimum absolute atomic E-state index is 0.174. The largest absolute Gasteiger partial charge is 0.508 e. The van der Waals surface area contributed by atoms with Gasteiger partial charge in [0.25, 0.3) is 0 Å². The molecule has 0 bridgehead atoms. The molecule has 0 spiro atoms. The van der Waals surface area contributed by atoms with Crippen molar-refractivity contribution in [2.75, 3.05) is 0 Å². The zero-order valence-electron chi connectivity index (χ0n) is 36.4. The second-order valence-corrected chi connectivity index (χ2v) is 15.7. The van der Waals surface area contributed by atoms with E-state index in [4.69, 9.17) is 0 Å². The van der Waals surface area contributed by atoms with E-state index < -0.39 is 0 Å². The molecular formula is C55H50O10. The van der Waals surface area contributed by atoms with Gasteiger partial charge in [-0.15, -0.1) is 0 Å². The van der Waals surface area contributed by atoms with Gasteiger partial charge in [0.1, 0.15) is 57.5 Å². The molecule has 65 heavy (non-hydrogen) atoms. The molecule has 330 valence electrons. The van der Waals surface area contributed by atoms with Crippen LogP contribution in [0.1, 0.15) is 27.8 Å². The Balaban J connectivity index is 0.000000135. The quantitative estimate of drug-likeness (QED) is 0.0699. The number of hydrogen-bond donors (Lipinski definition) is 10. The van der Waals surface area contributed by atoms with Crippen LogP contribution in [0, 0.1) is 34.6 Å². The van der Waals surface area contributed by atoms with Gasteiger partial charge in [0.05, 0.1) is 0 Å². The lowest BCUT2D eigenvalue weighted by Crippen LogP contribution is -1.79. The number of phenols is 10. The van der Waals surface area contributed by atoms with Gasteiger partial charge in [-0.05, 0) is 197 Å². The summed E-state index contributed by atoms with van der Waals surface area (Å²) in [5.41, 5.74) is 4.37.